The number of halogens is 1. The first-order valence-electron chi connectivity index (χ1n) is 16.2. The third-order valence-electron chi connectivity index (χ3n) is 9.38. The molecular formula is C39H35ClN4O4S. The molecule has 2 aliphatic heterocycles. The van der Waals surface area contributed by atoms with E-state index in [0.717, 1.165) is 57.8 Å². The monoisotopic (exact) mass is 690 g/mol. The topological polar surface area (TPSA) is 93.7 Å². The van der Waals surface area contributed by atoms with Gasteiger partial charge in [-0.25, -0.2) is 9.97 Å². The van der Waals surface area contributed by atoms with Crippen molar-refractivity contribution in [3.8, 4) is 28.5 Å². The molecule has 2 aromatic heterocycles. The Morgan fingerprint density at radius 1 is 1.06 bits per heavy atom. The van der Waals surface area contributed by atoms with Crippen LogP contribution in [-0.2, 0) is 0 Å². The fraction of sp³-hybridized carbons (Fsp3) is 0.231. The van der Waals surface area contributed by atoms with Crippen molar-refractivity contribution in [3.63, 3.8) is 0 Å². The Labute approximate surface area is 294 Å². The zero-order chi connectivity index (χ0) is 33.9. The lowest BCUT2D eigenvalue weighted by atomic mass is 9.79. The number of nitrogens with one attached hydrogen (secondary N) is 1. The normalized spacial score (nSPS) is 19.3. The minimum Gasteiger partial charge on any atom is -0.497 e. The van der Waals surface area contributed by atoms with Gasteiger partial charge < -0.3 is 19.7 Å². The number of carbonyl (C=O) groups is 2. The Bertz CT molecular complexity index is 1990. The zero-order valence-corrected chi connectivity index (χ0v) is 28.5. The third kappa shape index (κ3) is 7.00. The highest BCUT2D eigenvalue weighted by atomic mass is 35.5. The molecule has 248 valence electrons. The fourth-order valence-corrected chi connectivity index (χ4v) is 8.21. The SMILES string of the molecule is C=CC(CNC(=O)c1ccc(Cl)nc1)C1CCN2C(=O)SC(c3cc(-c4ccc(Oc5ccccc5)cc4)nc4ccc(OC)cc34)C2C1. The first-order chi connectivity index (χ1) is 23.9. The van der Waals surface area contributed by atoms with E-state index < -0.39 is 0 Å². The summed E-state index contributed by atoms with van der Waals surface area (Å²) in [7, 11) is 1.65. The van der Waals surface area contributed by atoms with Crippen LogP contribution in [0.25, 0.3) is 22.2 Å². The van der Waals surface area contributed by atoms with E-state index in [4.69, 9.17) is 26.1 Å². The fourth-order valence-electron chi connectivity index (χ4n) is 6.78. The van der Waals surface area contributed by atoms with Crippen molar-refractivity contribution < 1.29 is 19.1 Å². The Hall–Kier alpha value is -4.86. The Balaban J connectivity index is 1.16. The lowest BCUT2D eigenvalue weighted by Crippen LogP contribution is -2.44. The van der Waals surface area contributed by atoms with Gasteiger partial charge in [-0.2, -0.15) is 0 Å². The van der Waals surface area contributed by atoms with Gasteiger partial charge in [-0.1, -0.05) is 47.6 Å². The number of pyridine rings is 2. The van der Waals surface area contributed by atoms with Crippen LogP contribution in [0.4, 0.5) is 4.79 Å². The van der Waals surface area contributed by atoms with Crippen LogP contribution in [0.3, 0.4) is 0 Å². The number of para-hydroxylation sites is 1. The van der Waals surface area contributed by atoms with E-state index in [9.17, 15) is 9.59 Å². The molecule has 7 rings (SSSR count). The van der Waals surface area contributed by atoms with E-state index in [-0.39, 0.29) is 34.3 Å². The maximum Gasteiger partial charge on any atom is 0.282 e. The number of nitrogens with zero attached hydrogens (tertiary/aromatic N) is 3. The molecule has 0 radical (unpaired) electrons. The van der Waals surface area contributed by atoms with Gasteiger partial charge >= 0.3 is 0 Å². The van der Waals surface area contributed by atoms with Crippen LogP contribution >= 0.6 is 23.4 Å². The molecule has 4 atom stereocenters. The molecule has 2 aliphatic rings. The van der Waals surface area contributed by atoms with Gasteiger partial charge in [0.2, 0.25) is 0 Å². The Kier molecular flexibility index (Phi) is 9.55. The van der Waals surface area contributed by atoms with Gasteiger partial charge in [-0.3, -0.25) is 9.59 Å². The summed E-state index contributed by atoms with van der Waals surface area (Å²) in [6, 6.07) is 28.9. The predicted octanol–water partition coefficient (Wildman–Crippen LogP) is 8.97. The van der Waals surface area contributed by atoms with Crippen LogP contribution in [0.1, 0.15) is 34.0 Å². The summed E-state index contributed by atoms with van der Waals surface area (Å²) in [6.07, 6.45) is 5.01. The lowest BCUT2D eigenvalue weighted by molar-refractivity contribution is 0.0934. The van der Waals surface area contributed by atoms with Crippen LogP contribution < -0.4 is 14.8 Å². The summed E-state index contributed by atoms with van der Waals surface area (Å²) in [4.78, 5) is 37.4. The average molecular weight is 691 g/mol. The number of rotatable bonds is 10. The molecule has 49 heavy (non-hydrogen) atoms. The molecule has 2 amide bonds. The van der Waals surface area contributed by atoms with Crippen molar-refractivity contribution in [3.05, 3.63) is 126 Å². The highest BCUT2D eigenvalue weighted by Crippen LogP contribution is 2.51. The van der Waals surface area contributed by atoms with E-state index in [1.807, 2.05) is 83.8 Å². The predicted molar refractivity (Wildman–Crippen MR) is 194 cm³/mol. The standard InChI is InChI=1S/C39H35ClN4O4S/c1-3-24(22-42-38(45)27-11-16-36(40)41-23-27)26-17-18-44-35(19-26)37(49-39(44)46)32-21-34(43-33-15-14-30(47-2)20-31(32)33)25-9-12-29(13-10-25)48-28-7-5-4-6-8-28/h3-16,20-21,23-24,26,35,37H,1,17-19,22H2,2H3,(H,42,45). The lowest BCUT2D eigenvalue weighted by Gasteiger charge is -2.39. The van der Waals surface area contributed by atoms with Crippen molar-refractivity contribution in [2.45, 2.75) is 24.1 Å². The van der Waals surface area contributed by atoms with Gasteiger partial charge in [0.15, 0.2) is 0 Å². The molecule has 8 nitrogen and oxygen atoms in total. The molecule has 1 N–H and O–H groups in total. The molecule has 10 heteroatoms. The highest BCUT2D eigenvalue weighted by molar-refractivity contribution is 8.14. The quantitative estimate of drug-likeness (QED) is 0.115. The van der Waals surface area contributed by atoms with E-state index >= 15 is 0 Å². The first kappa shape index (κ1) is 32.7. The number of aromatic nitrogens is 2. The largest absolute Gasteiger partial charge is 0.497 e. The molecule has 4 unspecified atom stereocenters. The number of piperidine rings is 1. The number of ether oxygens (including phenoxy) is 2. The van der Waals surface area contributed by atoms with Gasteiger partial charge in [-0.05, 0) is 103 Å². The van der Waals surface area contributed by atoms with Crippen molar-refractivity contribution in [2.75, 3.05) is 20.2 Å². The molecule has 0 spiro atoms. The molecular weight excluding hydrogens is 656 g/mol. The van der Waals surface area contributed by atoms with Gasteiger partial charge in [0.05, 0.1) is 29.1 Å². The minimum absolute atomic E-state index is 0.0267. The molecule has 3 aromatic carbocycles. The maximum atomic E-state index is 13.5. The van der Waals surface area contributed by atoms with Crippen molar-refractivity contribution >= 4 is 45.4 Å². The summed E-state index contributed by atoms with van der Waals surface area (Å²) in [5.41, 5.74) is 4.11. The maximum absolute atomic E-state index is 13.5. The van der Waals surface area contributed by atoms with E-state index in [2.05, 4.69) is 22.9 Å². The van der Waals surface area contributed by atoms with Gasteiger partial charge in [0.1, 0.15) is 22.4 Å². The summed E-state index contributed by atoms with van der Waals surface area (Å²) in [6.45, 7) is 5.21. The summed E-state index contributed by atoms with van der Waals surface area (Å²) in [5, 5.41) is 4.32. The Morgan fingerprint density at radius 2 is 1.84 bits per heavy atom. The van der Waals surface area contributed by atoms with Crippen LogP contribution in [0, 0.1) is 11.8 Å². The molecule has 2 saturated heterocycles. The number of fused-ring (bicyclic) bond motifs is 2. The third-order valence-corrected chi connectivity index (χ3v) is 10.9. The number of hydrogen-bond acceptors (Lipinski definition) is 7. The minimum atomic E-state index is -0.206. The van der Waals surface area contributed by atoms with Crippen LogP contribution in [0.5, 0.6) is 17.2 Å². The first-order valence-corrected chi connectivity index (χ1v) is 17.5. The van der Waals surface area contributed by atoms with Gasteiger partial charge in [0.25, 0.3) is 11.1 Å². The average Bonchev–Trinajstić information content (AvgIpc) is 3.47. The molecule has 2 fully saturated rings. The summed E-state index contributed by atoms with van der Waals surface area (Å²) >= 11 is 7.28. The smallest absolute Gasteiger partial charge is 0.282 e. The summed E-state index contributed by atoms with van der Waals surface area (Å²) in [5.74, 6) is 2.30. The number of thioether (sulfide) groups is 1. The second-order valence-corrected chi connectivity index (χ2v) is 13.7. The van der Waals surface area contributed by atoms with E-state index in [1.165, 1.54) is 18.0 Å². The van der Waals surface area contributed by atoms with Gasteiger partial charge in [-0.15, -0.1) is 6.58 Å². The molecule has 4 heterocycles. The van der Waals surface area contributed by atoms with Crippen molar-refractivity contribution in [1.82, 2.24) is 20.2 Å². The molecule has 0 saturated carbocycles. The van der Waals surface area contributed by atoms with E-state index in [1.54, 1.807) is 19.2 Å². The number of hydrogen-bond donors (Lipinski definition) is 1. The Morgan fingerprint density at radius 3 is 2.57 bits per heavy atom. The molecule has 5 aromatic rings. The number of methoxy groups -OCH3 is 1. The van der Waals surface area contributed by atoms with Crippen molar-refractivity contribution in [1.29, 1.82) is 0 Å². The van der Waals surface area contributed by atoms with Crippen LogP contribution in [0.15, 0.2) is 110 Å². The van der Waals surface area contributed by atoms with Crippen LogP contribution in [0.2, 0.25) is 5.15 Å². The van der Waals surface area contributed by atoms with Gasteiger partial charge in [0, 0.05) is 36.3 Å². The van der Waals surface area contributed by atoms with E-state index in [0.29, 0.717) is 23.8 Å². The number of carbonyl (C=O) groups excluding carboxylic acids is 2. The second-order valence-electron chi connectivity index (χ2n) is 12.2. The summed E-state index contributed by atoms with van der Waals surface area (Å²) < 4.78 is 11.6. The van der Waals surface area contributed by atoms with Crippen molar-refractivity contribution in [2.24, 2.45) is 11.8 Å². The molecule has 0 bridgehead atoms. The molecule has 0 aliphatic carbocycles. The highest BCUT2D eigenvalue weighted by Gasteiger charge is 2.46. The zero-order valence-electron chi connectivity index (χ0n) is 26.9. The number of benzene rings is 3. The van der Waals surface area contributed by atoms with Crippen LogP contribution in [-0.4, -0.2) is 52.3 Å². The number of amides is 2. The second kappa shape index (κ2) is 14.3.